The van der Waals surface area contributed by atoms with Crippen molar-refractivity contribution in [3.8, 4) is 0 Å². The molecule has 156 valence electrons. The Morgan fingerprint density at radius 3 is 2.46 bits per heavy atom. The number of piperidine rings is 1. The van der Waals surface area contributed by atoms with Crippen LogP contribution in [0.2, 0.25) is 0 Å². The molecule has 3 fully saturated rings. The maximum atomic E-state index is 13.9. The molecule has 1 atom stereocenters. The molecule has 1 aromatic carbocycles. The molecular weight excluding hydrogens is 355 g/mol. The van der Waals surface area contributed by atoms with Gasteiger partial charge in [0.2, 0.25) is 0 Å². The average Bonchev–Trinajstić information content (AvgIpc) is 3.24. The predicted octanol–water partition coefficient (Wildman–Crippen LogP) is 3.70. The van der Waals surface area contributed by atoms with Gasteiger partial charge < -0.3 is 9.47 Å². The fourth-order valence-electron chi connectivity index (χ4n) is 5.00. The van der Waals surface area contributed by atoms with E-state index in [1.165, 1.54) is 32.2 Å². The maximum Gasteiger partial charge on any atom is 0.127 e. The third-order valence-corrected chi connectivity index (χ3v) is 6.72. The van der Waals surface area contributed by atoms with Crippen LogP contribution in [0.15, 0.2) is 24.3 Å². The van der Waals surface area contributed by atoms with Gasteiger partial charge in [-0.1, -0.05) is 18.2 Å². The minimum atomic E-state index is -0.0770. The molecule has 5 heteroatoms. The van der Waals surface area contributed by atoms with E-state index in [-0.39, 0.29) is 5.82 Å². The Morgan fingerprint density at radius 1 is 0.964 bits per heavy atom. The molecule has 0 spiro atoms. The van der Waals surface area contributed by atoms with E-state index in [4.69, 9.17) is 9.47 Å². The summed E-state index contributed by atoms with van der Waals surface area (Å²) in [4.78, 5) is 5.13. The van der Waals surface area contributed by atoms with Crippen molar-refractivity contribution in [2.45, 2.75) is 57.2 Å². The Balaban J connectivity index is 1.28. The molecule has 0 unspecified atom stereocenters. The topological polar surface area (TPSA) is 24.9 Å². The molecular formula is C23H35FN2O2. The Kier molecular flexibility index (Phi) is 7.35. The average molecular weight is 391 g/mol. The van der Waals surface area contributed by atoms with Gasteiger partial charge in [0.1, 0.15) is 5.82 Å². The Bertz CT molecular complexity index is 594. The van der Waals surface area contributed by atoms with E-state index in [2.05, 4.69) is 9.80 Å². The first kappa shape index (κ1) is 20.3. The van der Waals surface area contributed by atoms with Crippen LogP contribution in [0.3, 0.4) is 0 Å². The van der Waals surface area contributed by atoms with Gasteiger partial charge in [0, 0.05) is 51.1 Å². The summed E-state index contributed by atoms with van der Waals surface area (Å²) < 4.78 is 25.5. The summed E-state index contributed by atoms with van der Waals surface area (Å²) in [6.45, 7) is 7.86. The van der Waals surface area contributed by atoms with Crippen molar-refractivity contribution in [2.24, 2.45) is 5.92 Å². The lowest BCUT2D eigenvalue weighted by Crippen LogP contribution is -2.47. The first-order chi connectivity index (χ1) is 13.8. The van der Waals surface area contributed by atoms with Gasteiger partial charge in [-0.15, -0.1) is 0 Å². The number of ether oxygens (including phenoxy) is 2. The second-order valence-electron chi connectivity index (χ2n) is 8.74. The van der Waals surface area contributed by atoms with Crippen molar-refractivity contribution < 1.29 is 13.9 Å². The van der Waals surface area contributed by atoms with Crippen LogP contribution >= 0.6 is 0 Å². The fourth-order valence-corrected chi connectivity index (χ4v) is 5.00. The lowest BCUT2D eigenvalue weighted by atomic mass is 9.94. The van der Waals surface area contributed by atoms with E-state index in [1.807, 2.05) is 12.1 Å². The van der Waals surface area contributed by atoms with Crippen LogP contribution in [0.25, 0.3) is 0 Å². The highest BCUT2D eigenvalue weighted by molar-refractivity contribution is 5.17. The zero-order valence-electron chi connectivity index (χ0n) is 17.0. The fraction of sp³-hybridized carbons (Fsp3) is 0.739. The normalized spacial score (nSPS) is 25.6. The molecule has 3 heterocycles. The van der Waals surface area contributed by atoms with Gasteiger partial charge in [-0.25, -0.2) is 4.39 Å². The third kappa shape index (κ3) is 5.53. The Hall–Kier alpha value is -1.01. The first-order valence-corrected chi connectivity index (χ1v) is 11.2. The first-order valence-electron chi connectivity index (χ1n) is 11.2. The number of halogens is 1. The van der Waals surface area contributed by atoms with Gasteiger partial charge in [0.25, 0.3) is 0 Å². The number of hydrogen-bond donors (Lipinski definition) is 0. The lowest BCUT2D eigenvalue weighted by Gasteiger charge is -2.40. The molecule has 0 bridgehead atoms. The zero-order chi connectivity index (χ0) is 19.2. The summed E-state index contributed by atoms with van der Waals surface area (Å²) in [6, 6.07) is 7.83. The van der Waals surface area contributed by atoms with Crippen LogP contribution in [0.5, 0.6) is 0 Å². The van der Waals surface area contributed by atoms with Crippen molar-refractivity contribution in [3.05, 3.63) is 35.6 Å². The summed E-state index contributed by atoms with van der Waals surface area (Å²) in [7, 11) is 0. The minimum Gasteiger partial charge on any atom is -0.381 e. The molecule has 1 aromatic rings. The molecule has 4 nitrogen and oxygen atoms in total. The summed E-state index contributed by atoms with van der Waals surface area (Å²) >= 11 is 0. The molecule has 0 saturated carbocycles. The number of rotatable bonds is 7. The standard InChI is InChI=1S/C23H35FN2O2/c24-23-6-2-1-4-20(23)17-25-11-7-19(8-12-25)16-26(18-22-5-3-13-28-22)21-9-14-27-15-10-21/h1-2,4,6,19,21-22H,3,5,7-18H2/t22-/m1/s1. The van der Waals surface area contributed by atoms with E-state index in [0.29, 0.717) is 12.1 Å². The van der Waals surface area contributed by atoms with Crippen LogP contribution < -0.4 is 0 Å². The predicted molar refractivity (Wildman–Crippen MR) is 109 cm³/mol. The third-order valence-electron chi connectivity index (χ3n) is 6.72. The molecule has 0 aromatic heterocycles. The molecule has 3 saturated heterocycles. The monoisotopic (exact) mass is 390 g/mol. The van der Waals surface area contributed by atoms with Crippen LogP contribution in [0, 0.1) is 11.7 Å². The van der Waals surface area contributed by atoms with E-state index in [1.54, 1.807) is 12.1 Å². The van der Waals surface area contributed by atoms with E-state index < -0.39 is 0 Å². The van der Waals surface area contributed by atoms with Gasteiger partial charge in [-0.2, -0.15) is 0 Å². The lowest BCUT2D eigenvalue weighted by molar-refractivity contribution is -0.00310. The minimum absolute atomic E-state index is 0.0770. The van der Waals surface area contributed by atoms with Crippen LogP contribution in [-0.2, 0) is 16.0 Å². The van der Waals surface area contributed by atoms with Crippen molar-refractivity contribution in [1.82, 2.24) is 9.80 Å². The molecule has 4 rings (SSSR count). The van der Waals surface area contributed by atoms with E-state index in [9.17, 15) is 4.39 Å². The molecule has 3 aliphatic rings. The van der Waals surface area contributed by atoms with Crippen LogP contribution in [0.1, 0.15) is 44.1 Å². The number of likely N-dealkylation sites (tertiary alicyclic amines) is 1. The van der Waals surface area contributed by atoms with Crippen molar-refractivity contribution >= 4 is 0 Å². The summed E-state index contributed by atoms with van der Waals surface area (Å²) in [5, 5.41) is 0. The highest BCUT2D eigenvalue weighted by Gasteiger charge is 2.29. The molecule has 0 radical (unpaired) electrons. The second kappa shape index (κ2) is 10.1. The molecule has 0 N–H and O–H groups in total. The largest absolute Gasteiger partial charge is 0.381 e. The van der Waals surface area contributed by atoms with Gasteiger partial charge in [-0.05, 0) is 63.6 Å². The van der Waals surface area contributed by atoms with Crippen LogP contribution in [-0.4, -0.2) is 67.9 Å². The SMILES string of the molecule is Fc1ccccc1CN1CCC(CN(C[C@H]2CCCO2)C2CCOCC2)CC1. The van der Waals surface area contributed by atoms with E-state index in [0.717, 1.165) is 70.3 Å². The molecule has 28 heavy (non-hydrogen) atoms. The summed E-state index contributed by atoms with van der Waals surface area (Å²) in [5.41, 5.74) is 0.822. The smallest absolute Gasteiger partial charge is 0.127 e. The van der Waals surface area contributed by atoms with Crippen LogP contribution in [0.4, 0.5) is 4.39 Å². The maximum absolute atomic E-state index is 13.9. The van der Waals surface area contributed by atoms with Gasteiger partial charge in [-0.3, -0.25) is 9.80 Å². The quantitative estimate of drug-likeness (QED) is 0.709. The number of nitrogens with zero attached hydrogens (tertiary/aromatic N) is 2. The van der Waals surface area contributed by atoms with Crippen molar-refractivity contribution in [3.63, 3.8) is 0 Å². The van der Waals surface area contributed by atoms with Gasteiger partial charge in [0.15, 0.2) is 0 Å². The van der Waals surface area contributed by atoms with E-state index >= 15 is 0 Å². The summed E-state index contributed by atoms with van der Waals surface area (Å²) in [5.74, 6) is 0.660. The Morgan fingerprint density at radius 2 is 1.75 bits per heavy atom. The highest BCUT2D eigenvalue weighted by Crippen LogP contribution is 2.25. The zero-order valence-corrected chi connectivity index (χ0v) is 17.0. The number of hydrogen-bond acceptors (Lipinski definition) is 4. The summed E-state index contributed by atoms with van der Waals surface area (Å²) in [6.07, 6.45) is 7.56. The highest BCUT2D eigenvalue weighted by atomic mass is 19.1. The second-order valence-corrected chi connectivity index (χ2v) is 8.74. The van der Waals surface area contributed by atoms with Crippen molar-refractivity contribution in [2.75, 3.05) is 46.0 Å². The molecule has 0 aliphatic carbocycles. The molecule has 0 amide bonds. The van der Waals surface area contributed by atoms with Crippen molar-refractivity contribution in [1.29, 1.82) is 0 Å². The Labute approximate surface area is 169 Å². The van der Waals surface area contributed by atoms with Gasteiger partial charge >= 0.3 is 0 Å². The van der Waals surface area contributed by atoms with Gasteiger partial charge in [0.05, 0.1) is 6.10 Å². The molecule has 3 aliphatic heterocycles. The number of benzene rings is 1.